The van der Waals surface area contributed by atoms with E-state index in [2.05, 4.69) is 9.97 Å². The summed E-state index contributed by atoms with van der Waals surface area (Å²) in [6.45, 7) is 0. The predicted octanol–water partition coefficient (Wildman–Crippen LogP) is 4.83. The molecule has 0 spiro atoms. The molecule has 0 saturated carbocycles. The maximum atomic E-state index is 13.3. The third kappa shape index (κ3) is 2.45. The summed E-state index contributed by atoms with van der Waals surface area (Å²) in [5.41, 5.74) is -0.463. The van der Waals surface area contributed by atoms with E-state index < -0.39 is 17.2 Å². The van der Waals surface area contributed by atoms with E-state index in [1.165, 1.54) is 12.1 Å². The van der Waals surface area contributed by atoms with E-state index in [0.29, 0.717) is 0 Å². The summed E-state index contributed by atoms with van der Waals surface area (Å²) in [5.74, 6) is -2.23. The lowest BCUT2D eigenvalue weighted by molar-refractivity contribution is 0.510. The predicted molar refractivity (Wildman–Crippen MR) is 82.7 cm³/mol. The average Bonchev–Trinajstić information content (AvgIpc) is 2.46. The Bertz CT molecular complexity index is 972. The Hall–Kier alpha value is -1.69. The first kappa shape index (κ1) is 15.2. The smallest absolute Gasteiger partial charge is 0.259 e. The van der Waals surface area contributed by atoms with Gasteiger partial charge in [-0.3, -0.25) is 4.79 Å². The summed E-state index contributed by atoms with van der Waals surface area (Å²) in [5, 5.41) is 0.435. The molecular formula is C14H5Cl3F2N2O. The molecule has 1 aromatic heterocycles. The Labute approximate surface area is 137 Å². The SMILES string of the molecule is O=c1[nH]c(-c2c(Cl)ccc(Cl)c2Cl)nc2cc(F)c(F)cc12. The van der Waals surface area contributed by atoms with Gasteiger partial charge in [-0.2, -0.15) is 0 Å². The van der Waals surface area contributed by atoms with Crippen molar-refractivity contribution in [1.29, 1.82) is 0 Å². The van der Waals surface area contributed by atoms with Crippen LogP contribution in [0, 0.1) is 11.6 Å². The van der Waals surface area contributed by atoms with Crippen LogP contribution in [-0.2, 0) is 0 Å². The molecule has 112 valence electrons. The third-order valence-electron chi connectivity index (χ3n) is 3.03. The van der Waals surface area contributed by atoms with E-state index in [0.717, 1.165) is 12.1 Å². The molecule has 8 heteroatoms. The molecule has 0 amide bonds. The quantitative estimate of drug-likeness (QED) is 0.631. The van der Waals surface area contributed by atoms with Crippen molar-refractivity contribution < 1.29 is 8.78 Å². The molecular weight excluding hydrogens is 357 g/mol. The van der Waals surface area contributed by atoms with Gasteiger partial charge in [0.1, 0.15) is 5.82 Å². The summed E-state index contributed by atoms with van der Waals surface area (Å²) in [4.78, 5) is 18.6. The molecule has 0 fully saturated rings. The van der Waals surface area contributed by atoms with Gasteiger partial charge in [0.2, 0.25) is 0 Å². The summed E-state index contributed by atoms with van der Waals surface area (Å²) in [6.07, 6.45) is 0. The highest BCUT2D eigenvalue weighted by atomic mass is 35.5. The van der Waals surface area contributed by atoms with E-state index in [4.69, 9.17) is 34.8 Å². The van der Waals surface area contributed by atoms with Crippen molar-refractivity contribution in [3.8, 4) is 11.4 Å². The molecule has 0 radical (unpaired) electrons. The summed E-state index contributed by atoms with van der Waals surface area (Å²) in [7, 11) is 0. The minimum atomic E-state index is -1.13. The fourth-order valence-corrected chi connectivity index (χ4v) is 2.70. The lowest BCUT2D eigenvalue weighted by Crippen LogP contribution is -2.10. The van der Waals surface area contributed by atoms with Crippen LogP contribution in [0.4, 0.5) is 8.78 Å². The van der Waals surface area contributed by atoms with Crippen molar-refractivity contribution in [3.63, 3.8) is 0 Å². The van der Waals surface area contributed by atoms with Crippen LogP contribution in [0.15, 0.2) is 29.1 Å². The van der Waals surface area contributed by atoms with Gasteiger partial charge in [-0.25, -0.2) is 13.8 Å². The molecule has 0 aliphatic heterocycles. The van der Waals surface area contributed by atoms with Crippen LogP contribution in [0.1, 0.15) is 0 Å². The van der Waals surface area contributed by atoms with Crippen molar-refractivity contribution in [2.45, 2.75) is 0 Å². The lowest BCUT2D eigenvalue weighted by Gasteiger charge is -2.09. The van der Waals surface area contributed by atoms with Crippen LogP contribution in [0.25, 0.3) is 22.3 Å². The highest BCUT2D eigenvalue weighted by Crippen LogP contribution is 2.37. The molecule has 0 aliphatic rings. The van der Waals surface area contributed by atoms with Gasteiger partial charge >= 0.3 is 0 Å². The second kappa shape index (κ2) is 5.50. The summed E-state index contributed by atoms with van der Waals surface area (Å²) in [6, 6.07) is 4.59. The molecule has 3 aromatic rings. The average molecular weight is 362 g/mol. The first-order valence-electron chi connectivity index (χ1n) is 5.91. The van der Waals surface area contributed by atoms with Crippen LogP contribution in [0.5, 0.6) is 0 Å². The Morgan fingerprint density at radius 3 is 2.36 bits per heavy atom. The molecule has 0 atom stereocenters. The number of aromatic amines is 1. The molecule has 3 nitrogen and oxygen atoms in total. The number of aromatic nitrogens is 2. The van der Waals surface area contributed by atoms with Crippen molar-refractivity contribution >= 4 is 45.7 Å². The van der Waals surface area contributed by atoms with Crippen molar-refractivity contribution in [1.82, 2.24) is 9.97 Å². The Morgan fingerprint density at radius 2 is 1.64 bits per heavy atom. The van der Waals surface area contributed by atoms with E-state index >= 15 is 0 Å². The van der Waals surface area contributed by atoms with Gasteiger partial charge in [0.05, 0.1) is 31.5 Å². The van der Waals surface area contributed by atoms with Gasteiger partial charge in [0, 0.05) is 6.07 Å². The lowest BCUT2D eigenvalue weighted by atomic mass is 10.2. The Kier molecular flexibility index (Phi) is 3.80. The second-order valence-electron chi connectivity index (χ2n) is 4.42. The number of nitrogens with one attached hydrogen (secondary N) is 1. The zero-order valence-electron chi connectivity index (χ0n) is 10.6. The van der Waals surface area contributed by atoms with Crippen molar-refractivity contribution in [3.05, 3.63) is 61.3 Å². The van der Waals surface area contributed by atoms with Gasteiger partial charge in [-0.15, -0.1) is 0 Å². The fourth-order valence-electron chi connectivity index (χ4n) is 2.00. The minimum absolute atomic E-state index is 0.0148. The van der Waals surface area contributed by atoms with Gasteiger partial charge in [-0.1, -0.05) is 34.8 Å². The molecule has 1 N–H and O–H groups in total. The summed E-state index contributed by atoms with van der Waals surface area (Å²) >= 11 is 18.1. The molecule has 0 saturated heterocycles. The summed E-state index contributed by atoms with van der Waals surface area (Å²) < 4.78 is 26.6. The normalized spacial score (nSPS) is 11.1. The number of rotatable bonds is 1. The standard InChI is InChI=1S/C14H5Cl3F2N2O/c15-6-1-2-7(16)12(17)11(6)13-20-10-4-9(19)8(18)3-5(10)14(22)21-13/h1-4H,(H,20,21,22). The zero-order valence-corrected chi connectivity index (χ0v) is 12.8. The zero-order chi connectivity index (χ0) is 16.0. The number of halogens is 5. The van der Waals surface area contributed by atoms with Gasteiger partial charge in [0.25, 0.3) is 5.56 Å². The van der Waals surface area contributed by atoms with E-state index in [1.807, 2.05) is 0 Å². The van der Waals surface area contributed by atoms with Crippen LogP contribution in [0.3, 0.4) is 0 Å². The molecule has 0 aliphatic carbocycles. The number of nitrogens with zero attached hydrogens (tertiary/aromatic N) is 1. The Balaban J connectivity index is 2.37. The highest BCUT2D eigenvalue weighted by Gasteiger charge is 2.16. The number of benzene rings is 2. The molecule has 0 bridgehead atoms. The highest BCUT2D eigenvalue weighted by molar-refractivity contribution is 6.46. The molecule has 1 heterocycles. The number of fused-ring (bicyclic) bond motifs is 1. The number of hydrogen-bond acceptors (Lipinski definition) is 2. The second-order valence-corrected chi connectivity index (χ2v) is 5.61. The van der Waals surface area contributed by atoms with E-state index in [-0.39, 0.29) is 37.4 Å². The van der Waals surface area contributed by atoms with Crippen LogP contribution in [0.2, 0.25) is 15.1 Å². The third-order valence-corrected chi connectivity index (χ3v) is 4.15. The largest absolute Gasteiger partial charge is 0.306 e. The first-order valence-corrected chi connectivity index (χ1v) is 7.05. The van der Waals surface area contributed by atoms with Crippen LogP contribution >= 0.6 is 34.8 Å². The monoisotopic (exact) mass is 360 g/mol. The fraction of sp³-hybridized carbons (Fsp3) is 0. The van der Waals surface area contributed by atoms with E-state index in [9.17, 15) is 13.6 Å². The Morgan fingerprint density at radius 1 is 1.00 bits per heavy atom. The topological polar surface area (TPSA) is 45.8 Å². The van der Waals surface area contributed by atoms with E-state index in [1.54, 1.807) is 0 Å². The maximum Gasteiger partial charge on any atom is 0.259 e. The van der Waals surface area contributed by atoms with Crippen molar-refractivity contribution in [2.75, 3.05) is 0 Å². The number of hydrogen-bond donors (Lipinski definition) is 1. The van der Waals surface area contributed by atoms with Gasteiger partial charge in [0.15, 0.2) is 11.6 Å². The molecule has 2 aromatic carbocycles. The van der Waals surface area contributed by atoms with Gasteiger partial charge in [-0.05, 0) is 18.2 Å². The number of H-pyrrole nitrogens is 1. The molecule has 0 unspecified atom stereocenters. The van der Waals surface area contributed by atoms with Crippen LogP contribution < -0.4 is 5.56 Å². The minimum Gasteiger partial charge on any atom is -0.306 e. The van der Waals surface area contributed by atoms with Crippen LogP contribution in [-0.4, -0.2) is 9.97 Å². The van der Waals surface area contributed by atoms with Gasteiger partial charge < -0.3 is 4.98 Å². The first-order chi connectivity index (χ1) is 10.4. The maximum absolute atomic E-state index is 13.3. The molecule has 3 rings (SSSR count). The van der Waals surface area contributed by atoms with Crippen molar-refractivity contribution in [2.24, 2.45) is 0 Å². The molecule has 22 heavy (non-hydrogen) atoms.